The lowest BCUT2D eigenvalue weighted by Crippen LogP contribution is -2.49. The number of hydrogen-bond donors (Lipinski definition) is 1. The fourth-order valence-corrected chi connectivity index (χ4v) is 5.02. The highest BCUT2D eigenvalue weighted by Crippen LogP contribution is 2.36. The molecule has 0 atom stereocenters. The first kappa shape index (κ1) is 22.4. The number of aliphatic hydroxyl groups is 1. The number of β-amino-alcohol motifs (C(OH)–C–C–N with tert-alkyl or cyclic N) is 1. The summed E-state index contributed by atoms with van der Waals surface area (Å²) in [6, 6.07) is 5.80. The van der Waals surface area contributed by atoms with Gasteiger partial charge in [-0.25, -0.2) is 0 Å². The molecule has 2 aliphatic heterocycles. The zero-order valence-electron chi connectivity index (χ0n) is 18.2. The third-order valence-electron chi connectivity index (χ3n) is 6.75. The summed E-state index contributed by atoms with van der Waals surface area (Å²) >= 11 is 0. The number of benzene rings is 1. The Morgan fingerprint density at radius 1 is 0.938 bits per heavy atom. The van der Waals surface area contributed by atoms with E-state index in [1.165, 1.54) is 17.0 Å². The summed E-state index contributed by atoms with van der Waals surface area (Å²) in [6.45, 7) is 3.24. The van der Waals surface area contributed by atoms with Gasteiger partial charge < -0.3 is 10.0 Å². The molecule has 2 amide bonds. The molecule has 0 bridgehead atoms. The van der Waals surface area contributed by atoms with Gasteiger partial charge in [-0.3, -0.25) is 29.5 Å². The van der Waals surface area contributed by atoms with Crippen molar-refractivity contribution in [2.24, 2.45) is 0 Å². The Morgan fingerprint density at radius 3 is 2.12 bits per heavy atom. The summed E-state index contributed by atoms with van der Waals surface area (Å²) in [5.74, 6) is -0.533. The molecule has 0 radical (unpaired) electrons. The van der Waals surface area contributed by atoms with Crippen molar-refractivity contribution in [1.82, 2.24) is 14.7 Å². The monoisotopic (exact) mass is 442 g/mol. The van der Waals surface area contributed by atoms with E-state index in [9.17, 15) is 24.8 Å². The second-order valence-corrected chi connectivity index (χ2v) is 8.71. The lowest BCUT2D eigenvalue weighted by Gasteiger charge is -2.36. The van der Waals surface area contributed by atoms with Crippen LogP contribution in [0.25, 0.3) is 5.57 Å². The van der Waals surface area contributed by atoms with Crippen molar-refractivity contribution in [3.8, 4) is 0 Å². The number of nitro groups is 1. The normalized spacial score (nSPS) is 21.4. The number of carbonyl (C=O) groups excluding carboxylic acids is 2. The Kier molecular flexibility index (Phi) is 6.86. The van der Waals surface area contributed by atoms with Crippen molar-refractivity contribution in [3.05, 3.63) is 45.6 Å². The van der Waals surface area contributed by atoms with Crippen molar-refractivity contribution < 1.29 is 19.6 Å². The molecule has 1 aliphatic carbocycles. The van der Waals surface area contributed by atoms with Crippen LogP contribution in [0.15, 0.2) is 30.0 Å². The van der Waals surface area contributed by atoms with Crippen molar-refractivity contribution >= 4 is 23.1 Å². The molecule has 1 N–H and O–H groups in total. The predicted molar refractivity (Wildman–Crippen MR) is 118 cm³/mol. The van der Waals surface area contributed by atoms with E-state index < -0.39 is 4.92 Å². The van der Waals surface area contributed by atoms with E-state index in [-0.39, 0.29) is 30.2 Å². The molecule has 0 spiro atoms. The molecule has 4 rings (SSSR count). The van der Waals surface area contributed by atoms with E-state index in [0.29, 0.717) is 49.6 Å². The fourth-order valence-electron chi connectivity index (χ4n) is 5.02. The van der Waals surface area contributed by atoms with Crippen molar-refractivity contribution in [2.45, 2.75) is 44.6 Å². The molecule has 1 aromatic carbocycles. The molecule has 1 aromatic rings. The lowest BCUT2D eigenvalue weighted by atomic mass is 10.0. The summed E-state index contributed by atoms with van der Waals surface area (Å²) in [7, 11) is 0. The maximum Gasteiger partial charge on any atom is 0.278 e. The minimum atomic E-state index is -0.473. The maximum absolute atomic E-state index is 13.6. The van der Waals surface area contributed by atoms with Gasteiger partial charge in [-0.15, -0.1) is 0 Å². The van der Waals surface area contributed by atoms with Crippen LogP contribution in [0.5, 0.6) is 0 Å². The van der Waals surface area contributed by atoms with Gasteiger partial charge >= 0.3 is 0 Å². The van der Waals surface area contributed by atoms with Crippen LogP contribution < -0.4 is 0 Å². The minimum Gasteiger partial charge on any atom is -0.395 e. The molecule has 1 saturated heterocycles. The number of rotatable bonds is 6. The summed E-state index contributed by atoms with van der Waals surface area (Å²) in [5.41, 5.74) is 1.25. The summed E-state index contributed by atoms with van der Waals surface area (Å²) in [6.07, 6.45) is 5.89. The van der Waals surface area contributed by atoms with E-state index >= 15 is 0 Å². The van der Waals surface area contributed by atoms with Crippen LogP contribution in [-0.4, -0.2) is 81.9 Å². The molecule has 32 heavy (non-hydrogen) atoms. The Morgan fingerprint density at radius 2 is 1.56 bits per heavy atom. The minimum absolute atomic E-state index is 0.0501. The van der Waals surface area contributed by atoms with Gasteiger partial charge in [0.1, 0.15) is 5.70 Å². The highest BCUT2D eigenvalue weighted by molar-refractivity contribution is 6.35. The Hall–Kier alpha value is -2.78. The molecular weight excluding hydrogens is 412 g/mol. The summed E-state index contributed by atoms with van der Waals surface area (Å²) < 4.78 is 0. The molecule has 9 heteroatoms. The van der Waals surface area contributed by atoms with Gasteiger partial charge in [0.05, 0.1) is 17.1 Å². The van der Waals surface area contributed by atoms with Crippen molar-refractivity contribution in [3.63, 3.8) is 0 Å². The fraction of sp³-hybridized carbons (Fsp3) is 0.565. The van der Waals surface area contributed by atoms with Crippen LogP contribution in [0.2, 0.25) is 0 Å². The largest absolute Gasteiger partial charge is 0.395 e. The van der Waals surface area contributed by atoms with E-state index in [0.717, 1.165) is 38.5 Å². The number of nitro benzene ring substituents is 1. The van der Waals surface area contributed by atoms with E-state index in [4.69, 9.17) is 0 Å². The molecule has 172 valence electrons. The molecule has 9 nitrogen and oxygen atoms in total. The van der Waals surface area contributed by atoms with Crippen molar-refractivity contribution in [2.75, 3.05) is 39.3 Å². The number of amides is 2. The Labute approximate surface area is 187 Å². The number of non-ortho nitro benzene ring substituents is 1. The molecule has 0 unspecified atom stereocenters. The molecule has 1 saturated carbocycles. The van der Waals surface area contributed by atoms with Crippen molar-refractivity contribution in [1.29, 1.82) is 0 Å². The van der Waals surface area contributed by atoms with E-state index in [1.54, 1.807) is 12.1 Å². The zero-order chi connectivity index (χ0) is 22.7. The summed E-state index contributed by atoms with van der Waals surface area (Å²) in [5, 5.41) is 20.3. The van der Waals surface area contributed by atoms with Crippen LogP contribution in [0.4, 0.5) is 5.69 Å². The van der Waals surface area contributed by atoms with Gasteiger partial charge in [0, 0.05) is 50.9 Å². The number of hydrogen-bond acceptors (Lipinski definition) is 7. The van der Waals surface area contributed by atoms with Crippen LogP contribution in [0, 0.1) is 10.1 Å². The van der Waals surface area contributed by atoms with Gasteiger partial charge in [0.2, 0.25) is 0 Å². The predicted octanol–water partition coefficient (Wildman–Crippen LogP) is 2.01. The third kappa shape index (κ3) is 4.40. The first-order valence-corrected chi connectivity index (χ1v) is 11.5. The number of nitrogens with zero attached hydrogens (tertiary/aromatic N) is 4. The second-order valence-electron chi connectivity index (χ2n) is 8.71. The first-order valence-electron chi connectivity index (χ1n) is 11.5. The van der Waals surface area contributed by atoms with Crippen LogP contribution in [-0.2, 0) is 9.59 Å². The number of carbonyl (C=O) groups is 2. The second kappa shape index (κ2) is 9.79. The average molecular weight is 443 g/mol. The molecule has 2 fully saturated rings. The SMILES string of the molecule is O=C1C(c2ccc([N+](=O)[O-])cc2)=C(N2CCN(CCO)CC2)C(=O)N1C1CCCCCC1. The summed E-state index contributed by atoms with van der Waals surface area (Å²) in [4.78, 5) is 43.4. The van der Waals surface area contributed by atoms with Gasteiger partial charge in [0.15, 0.2) is 0 Å². The van der Waals surface area contributed by atoms with Crippen LogP contribution in [0.3, 0.4) is 0 Å². The van der Waals surface area contributed by atoms with Crippen LogP contribution in [0.1, 0.15) is 44.1 Å². The molecular formula is C23H30N4O5. The quantitative estimate of drug-likeness (QED) is 0.311. The van der Waals surface area contributed by atoms with Gasteiger partial charge in [-0.2, -0.15) is 0 Å². The first-order chi connectivity index (χ1) is 15.5. The average Bonchev–Trinajstić information content (AvgIpc) is 2.95. The Balaban J connectivity index is 1.68. The third-order valence-corrected chi connectivity index (χ3v) is 6.75. The van der Waals surface area contributed by atoms with Gasteiger partial charge in [-0.05, 0) is 30.5 Å². The number of imide groups is 1. The molecule has 2 heterocycles. The van der Waals surface area contributed by atoms with Crippen LogP contribution >= 0.6 is 0 Å². The smallest absolute Gasteiger partial charge is 0.278 e. The standard InChI is InChI=1S/C23H30N4O5/c28-16-15-24-11-13-25(14-12-24)21-20(17-7-9-19(10-8-17)27(31)32)22(29)26(23(21)30)18-5-3-1-2-4-6-18/h7-10,18,28H,1-6,11-16H2. The van der Waals surface area contributed by atoms with E-state index in [1.807, 2.05) is 4.90 Å². The zero-order valence-corrected chi connectivity index (χ0v) is 18.2. The number of aliphatic hydroxyl groups excluding tert-OH is 1. The highest BCUT2D eigenvalue weighted by atomic mass is 16.6. The highest BCUT2D eigenvalue weighted by Gasteiger charge is 2.45. The van der Waals surface area contributed by atoms with Gasteiger partial charge in [-0.1, -0.05) is 25.7 Å². The molecule has 3 aliphatic rings. The topological polar surface area (TPSA) is 107 Å². The van der Waals surface area contributed by atoms with E-state index in [2.05, 4.69) is 4.90 Å². The lowest BCUT2D eigenvalue weighted by molar-refractivity contribution is -0.384. The maximum atomic E-state index is 13.6. The Bertz CT molecular complexity index is 897. The number of piperazine rings is 1. The molecule has 0 aromatic heterocycles. The van der Waals surface area contributed by atoms with Gasteiger partial charge in [0.25, 0.3) is 17.5 Å².